The van der Waals surface area contributed by atoms with Gasteiger partial charge in [0.1, 0.15) is 11.5 Å². The van der Waals surface area contributed by atoms with Gasteiger partial charge < -0.3 is 18.8 Å². The fraction of sp³-hybridized carbons (Fsp3) is 0.0182. The molecule has 4 heterocycles. The Kier molecular flexibility index (Phi) is 10.1. The molecular weight excluding hydrogens is 1390 g/mol. The summed E-state index contributed by atoms with van der Waals surface area (Å²) >= 11 is 0. The molecule has 20 aromatic rings. The summed E-state index contributed by atoms with van der Waals surface area (Å²) in [6.45, 7) is -0.805. The van der Waals surface area contributed by atoms with Gasteiger partial charge in [-0.05, 0) is 211 Å². The number of benzene rings is 18. The molecule has 18 aromatic carbocycles. The van der Waals surface area contributed by atoms with Crippen molar-refractivity contribution < 1.29 is 26.7 Å². The number of hydrogen-bond donors (Lipinski definition) is 0. The van der Waals surface area contributed by atoms with Crippen LogP contribution in [0.2, 0.25) is 0 Å². The Labute approximate surface area is 688 Å². The molecule has 0 saturated carbocycles. The first-order chi connectivity index (χ1) is 63.7. The molecule has 0 N–H and O–H groups in total. The first kappa shape index (κ1) is 49.5. The molecule has 0 atom stereocenters. The largest absolute Gasteiger partial charge is 0.458 e. The summed E-state index contributed by atoms with van der Waals surface area (Å²) in [7, 11) is 0. The van der Waals surface area contributed by atoms with Gasteiger partial charge in [-0.25, -0.2) is 0 Å². The average molecular weight is 1470 g/mol. The molecule has 0 radical (unpaired) electrons. The number of ether oxygens (including phenoxy) is 1. The number of anilines is 3. The zero-order valence-corrected chi connectivity index (χ0v) is 61.2. The van der Waals surface area contributed by atoms with E-state index in [9.17, 15) is 16.4 Å². The van der Waals surface area contributed by atoms with E-state index >= 15 is 0 Å². The summed E-state index contributed by atoms with van der Waals surface area (Å²) in [5.41, 5.74) is 27.5. The number of nitrogens with zero attached hydrogens (tertiary/aromatic N) is 3. The van der Waals surface area contributed by atoms with Gasteiger partial charge in [-0.3, -0.25) is 0 Å². The summed E-state index contributed by atoms with van der Waals surface area (Å²) in [4.78, 5) is 2.32. The Morgan fingerprint density at radius 3 is 1.09 bits per heavy atom. The van der Waals surface area contributed by atoms with Crippen molar-refractivity contribution in [1.82, 2.24) is 9.13 Å². The minimum absolute atomic E-state index is 0.0698. The van der Waals surface area contributed by atoms with Crippen LogP contribution in [0.15, 0.2) is 400 Å². The van der Waals surface area contributed by atoms with Gasteiger partial charge in [0.25, 0.3) is 6.71 Å². The van der Waals surface area contributed by atoms with E-state index < -0.39 is 114 Å². The summed E-state index contributed by atoms with van der Waals surface area (Å²) in [6, 6.07) is 98.5. The first-order valence-electron chi connectivity index (χ1n) is 46.8. The Morgan fingerprint density at radius 1 is 0.252 bits per heavy atom. The Morgan fingerprint density at radius 2 is 0.626 bits per heavy atom. The van der Waals surface area contributed by atoms with E-state index in [2.05, 4.69) is 241 Å². The fourth-order valence-electron chi connectivity index (χ4n) is 21.0. The molecule has 4 nitrogen and oxygen atoms in total. The minimum Gasteiger partial charge on any atom is -0.458 e. The third-order valence-electron chi connectivity index (χ3n) is 25.5. The van der Waals surface area contributed by atoms with Crippen molar-refractivity contribution in [3.63, 3.8) is 0 Å². The SMILES string of the molecule is [2H]c1c([2H])c([2H])c2c(c1[2H])c1c([2H])c([2H])c([2H])c([2H])c1n2-c1ccc2c(c1)Oc1cc(-c3cccc(-c4ccccc4)c3)cc3c1B2c1ccc(-n2c4c([2H])c([2H])c([2H])c([2H])c4c4c([2H])c([2H])c([2H])c([2H])c42)cc1N3c1c(-c2ccc3c(c2)C2(c4ccccc4-c4ccccc42)c2ccccc2-3)cccc1-c1ccc2c(c1)C1(c3ccccc3-c3ccccc31)c1ccccc1-2. The minimum atomic E-state index is -0.805. The monoisotopic (exact) mass is 1470 g/mol. The van der Waals surface area contributed by atoms with Gasteiger partial charge >= 0.3 is 0 Å². The molecule has 2 aliphatic heterocycles. The highest BCUT2D eigenvalue weighted by Gasteiger charge is 2.54. The second kappa shape index (κ2) is 23.4. The number of fused-ring (bicyclic) bond motifs is 30. The third-order valence-corrected chi connectivity index (χ3v) is 25.5. The van der Waals surface area contributed by atoms with Crippen molar-refractivity contribution in [2.75, 3.05) is 4.90 Å². The van der Waals surface area contributed by atoms with E-state index in [0.29, 0.717) is 45.1 Å². The van der Waals surface area contributed by atoms with E-state index in [0.717, 1.165) is 133 Å². The maximum absolute atomic E-state index is 10.0. The van der Waals surface area contributed by atoms with Gasteiger partial charge in [-0.15, -0.1) is 0 Å². The van der Waals surface area contributed by atoms with E-state index in [1.165, 1.54) is 4.57 Å². The molecule has 2 aromatic heterocycles. The lowest BCUT2D eigenvalue weighted by Crippen LogP contribution is -2.59. The third kappa shape index (κ3) is 8.35. The average Bonchev–Trinajstić information content (AvgIpc) is 1.62. The molecule has 0 unspecified atom stereocenters. The molecule has 0 bridgehead atoms. The number of rotatable bonds is 7. The zero-order chi connectivity index (χ0) is 88.9. The molecule has 0 amide bonds. The first-order valence-corrected chi connectivity index (χ1v) is 38.8. The van der Waals surface area contributed by atoms with Crippen molar-refractivity contribution in [2.24, 2.45) is 0 Å². The summed E-state index contributed by atoms with van der Waals surface area (Å²) in [5, 5.41) is -0.349. The van der Waals surface area contributed by atoms with Crippen LogP contribution in [0.4, 0.5) is 17.1 Å². The van der Waals surface area contributed by atoms with Crippen molar-refractivity contribution in [1.29, 1.82) is 0 Å². The topological polar surface area (TPSA) is 22.3 Å². The molecule has 0 saturated heterocycles. The van der Waals surface area contributed by atoms with Crippen molar-refractivity contribution in [2.45, 2.75) is 10.8 Å². The van der Waals surface area contributed by atoms with Crippen LogP contribution in [0.3, 0.4) is 0 Å². The lowest BCUT2D eigenvalue weighted by molar-refractivity contribution is 0.487. The molecule has 5 heteroatoms. The molecular formula is C110H66BN3O. The van der Waals surface area contributed by atoms with Crippen LogP contribution in [-0.2, 0) is 10.8 Å². The maximum Gasteiger partial charge on any atom is 0.256 e. The van der Waals surface area contributed by atoms with Gasteiger partial charge in [0.15, 0.2) is 0 Å². The van der Waals surface area contributed by atoms with Gasteiger partial charge in [0, 0.05) is 61.5 Å². The van der Waals surface area contributed by atoms with Crippen LogP contribution < -0.4 is 26.0 Å². The van der Waals surface area contributed by atoms with Crippen LogP contribution in [0, 0.1) is 0 Å². The molecule has 6 aliphatic rings. The van der Waals surface area contributed by atoms with Gasteiger partial charge in [-0.2, -0.15) is 0 Å². The smallest absolute Gasteiger partial charge is 0.256 e. The second-order valence-corrected chi connectivity index (χ2v) is 30.8. The van der Waals surface area contributed by atoms with Gasteiger partial charge in [-0.1, -0.05) is 321 Å². The van der Waals surface area contributed by atoms with Crippen LogP contribution >= 0.6 is 0 Å². The van der Waals surface area contributed by atoms with E-state index in [1.807, 2.05) is 54.6 Å². The Balaban J connectivity index is 0.814. The zero-order valence-electron chi connectivity index (χ0n) is 77.2. The number of hydrogen-bond acceptors (Lipinski definition) is 2. The molecule has 530 valence electrons. The van der Waals surface area contributed by atoms with Crippen LogP contribution in [0.1, 0.15) is 66.4 Å². The molecule has 0 fully saturated rings. The predicted octanol–water partition coefficient (Wildman–Crippen LogP) is 25.6. The van der Waals surface area contributed by atoms with E-state index in [4.69, 9.17) is 10.2 Å². The Bertz CT molecular complexity index is 8220. The van der Waals surface area contributed by atoms with Crippen molar-refractivity contribution >= 4 is 83.8 Å². The lowest BCUT2D eigenvalue weighted by atomic mass is 9.34. The van der Waals surface area contributed by atoms with E-state index in [-0.39, 0.29) is 55.0 Å². The lowest BCUT2D eigenvalue weighted by Gasteiger charge is -2.42. The van der Waals surface area contributed by atoms with Crippen LogP contribution in [0.25, 0.3) is 144 Å². The summed E-state index contributed by atoms with van der Waals surface area (Å²) in [5.74, 6) is 0.714. The van der Waals surface area contributed by atoms with Crippen molar-refractivity contribution in [3.8, 4) is 112 Å². The van der Waals surface area contributed by atoms with Crippen LogP contribution in [-0.4, -0.2) is 15.8 Å². The Hall–Kier alpha value is -14.8. The maximum atomic E-state index is 10.0. The number of aromatic nitrogens is 2. The molecule has 2 spiro atoms. The van der Waals surface area contributed by atoms with Crippen molar-refractivity contribution in [3.05, 3.63) is 445 Å². The summed E-state index contributed by atoms with van der Waals surface area (Å²) in [6.07, 6.45) is 0. The highest BCUT2D eigenvalue weighted by Crippen LogP contribution is 2.66. The highest BCUT2D eigenvalue weighted by atomic mass is 16.5. The molecule has 4 aliphatic carbocycles. The number of para-hydroxylation sites is 5. The van der Waals surface area contributed by atoms with Gasteiger partial charge in [0.2, 0.25) is 0 Å². The predicted molar refractivity (Wildman–Crippen MR) is 475 cm³/mol. The molecule has 115 heavy (non-hydrogen) atoms. The van der Waals surface area contributed by atoms with Crippen LogP contribution in [0.5, 0.6) is 11.5 Å². The second-order valence-electron chi connectivity index (χ2n) is 30.8. The summed E-state index contributed by atoms with van der Waals surface area (Å²) < 4.78 is 162. The quantitative estimate of drug-likeness (QED) is 0.148. The molecule has 26 rings (SSSR count). The van der Waals surface area contributed by atoms with E-state index in [1.54, 1.807) is 16.7 Å². The standard InChI is InChI=1S/C110H66BN3O/c1-2-26-67(27-3-1)68-28-24-29-69(60-68)72-63-104-107-106(64-72)115-105-66-74(113-101-50-22-12-38-87(101)88-39-13-23-51-102(88)113)55-59-98(105)111(107)97-58-54-73(112-99-48-20-10-36-85(99)86-37-11-21-49-100(86)112)65-103(97)114(104)108-75(70-52-56-83-81-34-8-18-46-93(81)109(95(83)61-70)89-42-14-4-30-77(89)78-31-5-15-43-90(78)109)40-25-41-76(108)71-53-57-84-82-35-9-19-47-94(82)110(96(84)62-71)91-44-16-6-32-79(91)80-33-7-17-45-92(80)110/h1-66H/i10D,11D,12D,13D,20D,21D,22D,23D,36D,37D,38D,39D,48D,49D,50D,51D. The highest BCUT2D eigenvalue weighted by molar-refractivity contribution is 6.99. The van der Waals surface area contributed by atoms with Gasteiger partial charge in [0.05, 0.1) is 60.5 Å². The fourth-order valence-corrected chi connectivity index (χ4v) is 21.0. The normalized spacial score (nSPS) is 15.9.